The molecule has 1 N–H and O–H groups in total. The van der Waals surface area contributed by atoms with Gasteiger partial charge in [-0.3, -0.25) is 9.36 Å². The Morgan fingerprint density at radius 1 is 1.29 bits per heavy atom. The third-order valence-corrected chi connectivity index (χ3v) is 2.96. The lowest BCUT2D eigenvalue weighted by molar-refractivity contribution is 0.427. The van der Waals surface area contributed by atoms with E-state index in [1.54, 1.807) is 4.68 Å². The summed E-state index contributed by atoms with van der Waals surface area (Å²) in [4.78, 5) is 0. The Balaban J connectivity index is 0.00000220. The van der Waals surface area contributed by atoms with E-state index in [9.17, 15) is 4.39 Å². The van der Waals surface area contributed by atoms with Crippen LogP contribution in [0.5, 0.6) is 0 Å². The van der Waals surface area contributed by atoms with E-state index in [0.29, 0.717) is 19.0 Å². The average molecular weight is 316 g/mol. The van der Waals surface area contributed by atoms with E-state index < -0.39 is 6.67 Å². The molecule has 0 aliphatic rings. The van der Waals surface area contributed by atoms with Gasteiger partial charge >= 0.3 is 0 Å². The zero-order valence-electron chi connectivity index (χ0n) is 12.7. The molecule has 2 heterocycles. The van der Waals surface area contributed by atoms with Gasteiger partial charge in [-0.15, -0.1) is 12.4 Å². The lowest BCUT2D eigenvalue weighted by Crippen LogP contribution is -2.05. The van der Waals surface area contributed by atoms with Crippen LogP contribution in [0.3, 0.4) is 0 Å². The van der Waals surface area contributed by atoms with Crippen molar-refractivity contribution in [2.75, 3.05) is 12.0 Å². The van der Waals surface area contributed by atoms with Gasteiger partial charge in [0.1, 0.15) is 6.67 Å². The van der Waals surface area contributed by atoms with E-state index in [4.69, 9.17) is 0 Å². The fourth-order valence-electron chi connectivity index (χ4n) is 2.05. The van der Waals surface area contributed by atoms with Gasteiger partial charge in [-0.2, -0.15) is 10.2 Å². The maximum Gasteiger partial charge on any atom is 0.151 e. The first-order chi connectivity index (χ1) is 9.58. The van der Waals surface area contributed by atoms with Crippen LogP contribution in [-0.4, -0.2) is 26.2 Å². The summed E-state index contributed by atoms with van der Waals surface area (Å²) in [7, 11) is 0. The second-order valence-corrected chi connectivity index (χ2v) is 5.43. The van der Waals surface area contributed by atoms with Gasteiger partial charge in [0, 0.05) is 36.6 Å². The third kappa shape index (κ3) is 5.04. The first-order valence-electron chi connectivity index (χ1n) is 6.93. The molecule has 0 bridgehead atoms. The molecule has 118 valence electrons. The highest BCUT2D eigenvalue weighted by Gasteiger charge is 2.06. The maximum atomic E-state index is 12.3. The third-order valence-electron chi connectivity index (χ3n) is 2.96. The highest BCUT2D eigenvalue weighted by molar-refractivity contribution is 5.85. The smallest absolute Gasteiger partial charge is 0.151 e. The van der Waals surface area contributed by atoms with E-state index in [-0.39, 0.29) is 12.4 Å². The topological polar surface area (TPSA) is 47.7 Å². The fraction of sp³-hybridized carbons (Fsp3) is 0.571. The number of hydrogen-bond acceptors (Lipinski definition) is 3. The normalized spacial score (nSPS) is 10.7. The molecule has 2 aromatic heterocycles. The first-order valence-corrected chi connectivity index (χ1v) is 6.93. The predicted octanol–water partition coefficient (Wildman–Crippen LogP) is 3.05. The zero-order valence-corrected chi connectivity index (χ0v) is 13.5. The summed E-state index contributed by atoms with van der Waals surface area (Å²) in [5.74, 6) is 1.38. The molecule has 0 atom stereocenters. The molecule has 0 unspecified atom stereocenters. The van der Waals surface area contributed by atoms with E-state index in [0.717, 1.165) is 23.5 Å². The fourth-order valence-corrected chi connectivity index (χ4v) is 2.05. The number of hydrogen-bond donors (Lipinski definition) is 1. The van der Waals surface area contributed by atoms with Crippen LogP contribution in [0.25, 0.3) is 0 Å². The van der Waals surface area contributed by atoms with Gasteiger partial charge in [0.05, 0.1) is 12.7 Å². The van der Waals surface area contributed by atoms with Crippen LogP contribution in [0, 0.1) is 12.8 Å². The van der Waals surface area contributed by atoms with Crippen LogP contribution in [0.2, 0.25) is 0 Å². The molecule has 0 radical (unpaired) electrons. The Kier molecular flexibility index (Phi) is 6.68. The molecule has 21 heavy (non-hydrogen) atoms. The molecule has 0 saturated heterocycles. The van der Waals surface area contributed by atoms with E-state index in [2.05, 4.69) is 29.4 Å². The summed E-state index contributed by atoms with van der Waals surface area (Å²) in [6, 6.07) is 0. The molecule has 0 fully saturated rings. The molecule has 0 amide bonds. The summed E-state index contributed by atoms with van der Waals surface area (Å²) in [5, 5.41) is 11.9. The van der Waals surface area contributed by atoms with Gasteiger partial charge in [0.2, 0.25) is 0 Å². The molecule has 0 saturated carbocycles. The zero-order chi connectivity index (χ0) is 14.5. The number of nitrogens with one attached hydrogen (secondary N) is 1. The average Bonchev–Trinajstić information content (AvgIpc) is 2.94. The second-order valence-electron chi connectivity index (χ2n) is 5.43. The van der Waals surface area contributed by atoms with Gasteiger partial charge in [-0.1, -0.05) is 13.8 Å². The second kappa shape index (κ2) is 8.02. The number of anilines is 1. The minimum Gasteiger partial charge on any atom is -0.364 e. The molecular weight excluding hydrogens is 293 g/mol. The van der Waals surface area contributed by atoms with Crippen molar-refractivity contribution in [1.29, 1.82) is 0 Å². The molecule has 5 nitrogen and oxygen atoms in total. The van der Waals surface area contributed by atoms with Crippen LogP contribution in [0.4, 0.5) is 10.2 Å². The highest BCUT2D eigenvalue weighted by Crippen LogP contribution is 2.13. The monoisotopic (exact) mass is 315 g/mol. The van der Waals surface area contributed by atoms with Gasteiger partial charge in [-0.05, 0) is 12.8 Å². The minimum atomic E-state index is -0.400. The summed E-state index contributed by atoms with van der Waals surface area (Å²) >= 11 is 0. The Morgan fingerprint density at radius 3 is 2.71 bits per heavy atom. The van der Waals surface area contributed by atoms with Gasteiger partial charge in [-0.25, -0.2) is 4.39 Å². The quantitative estimate of drug-likeness (QED) is 0.854. The van der Waals surface area contributed by atoms with Crippen molar-refractivity contribution >= 4 is 18.2 Å². The number of aryl methyl sites for hydroxylation is 2. The highest BCUT2D eigenvalue weighted by atomic mass is 35.5. The summed E-state index contributed by atoms with van der Waals surface area (Å²) in [5.41, 5.74) is 2.14. The summed E-state index contributed by atoms with van der Waals surface area (Å²) in [6.07, 6.45) is 5.76. The molecular formula is C14H23ClFN5. The van der Waals surface area contributed by atoms with Crippen molar-refractivity contribution in [2.24, 2.45) is 5.92 Å². The molecule has 2 rings (SSSR count). The number of halogens is 2. The number of nitrogens with zero attached hydrogens (tertiary/aromatic N) is 4. The Morgan fingerprint density at radius 2 is 2.05 bits per heavy atom. The van der Waals surface area contributed by atoms with E-state index in [1.165, 1.54) is 0 Å². The van der Waals surface area contributed by atoms with Gasteiger partial charge in [0.15, 0.2) is 5.82 Å². The number of rotatable bonds is 7. The van der Waals surface area contributed by atoms with E-state index >= 15 is 0 Å². The molecule has 0 aliphatic heterocycles. The molecule has 7 heteroatoms. The SMILES string of the molecule is Cc1cn(CCF)nc1NCc1cnn(CC(C)C)c1.Cl. The molecule has 0 spiro atoms. The van der Waals surface area contributed by atoms with Crippen LogP contribution < -0.4 is 5.32 Å². The first kappa shape index (κ1) is 17.5. The number of alkyl halides is 1. The summed E-state index contributed by atoms with van der Waals surface area (Å²) in [6.45, 7) is 7.79. The predicted molar refractivity (Wildman–Crippen MR) is 84.6 cm³/mol. The molecule has 0 aromatic carbocycles. The largest absolute Gasteiger partial charge is 0.364 e. The van der Waals surface area contributed by atoms with Crippen LogP contribution >= 0.6 is 12.4 Å². The van der Waals surface area contributed by atoms with Gasteiger partial charge in [0.25, 0.3) is 0 Å². The molecule has 2 aromatic rings. The maximum absolute atomic E-state index is 12.3. The molecule has 0 aliphatic carbocycles. The van der Waals surface area contributed by atoms with Crippen molar-refractivity contribution in [3.8, 4) is 0 Å². The Labute approximate surface area is 130 Å². The standard InChI is InChI=1S/C14H22FN5.ClH/c1-11(2)8-20-10-13(7-17-20)6-16-14-12(3)9-19(18-14)5-4-15;/h7,9-11H,4-6,8H2,1-3H3,(H,16,18);1H. The number of aromatic nitrogens is 4. The van der Waals surface area contributed by atoms with Crippen molar-refractivity contribution < 1.29 is 4.39 Å². The minimum absolute atomic E-state index is 0. The van der Waals surface area contributed by atoms with Crippen molar-refractivity contribution in [2.45, 2.75) is 40.4 Å². The van der Waals surface area contributed by atoms with Crippen LogP contribution in [0.15, 0.2) is 18.6 Å². The Bertz CT molecular complexity index is 549. The van der Waals surface area contributed by atoms with Crippen LogP contribution in [-0.2, 0) is 19.6 Å². The summed E-state index contributed by atoms with van der Waals surface area (Å²) < 4.78 is 15.9. The lowest BCUT2D eigenvalue weighted by Gasteiger charge is -2.04. The van der Waals surface area contributed by atoms with Crippen molar-refractivity contribution in [3.05, 3.63) is 29.7 Å². The Hall–Kier alpha value is -1.56. The van der Waals surface area contributed by atoms with Gasteiger partial charge < -0.3 is 5.32 Å². The van der Waals surface area contributed by atoms with Crippen molar-refractivity contribution in [3.63, 3.8) is 0 Å². The van der Waals surface area contributed by atoms with E-state index in [1.807, 2.05) is 30.2 Å². The lowest BCUT2D eigenvalue weighted by atomic mass is 10.2. The van der Waals surface area contributed by atoms with Crippen molar-refractivity contribution in [1.82, 2.24) is 19.6 Å². The van der Waals surface area contributed by atoms with Crippen LogP contribution in [0.1, 0.15) is 25.0 Å².